The first-order chi connectivity index (χ1) is 9.29. The summed E-state index contributed by atoms with van der Waals surface area (Å²) in [6, 6.07) is 6.86. The van der Waals surface area contributed by atoms with Gasteiger partial charge < -0.3 is 0 Å². The summed E-state index contributed by atoms with van der Waals surface area (Å²) in [5.74, 6) is 0.382. The molecule has 106 valence electrons. The lowest BCUT2D eigenvalue weighted by Gasteiger charge is -2.39. The summed E-state index contributed by atoms with van der Waals surface area (Å²) in [7, 11) is 0. The molecule has 0 aliphatic heterocycles. The van der Waals surface area contributed by atoms with E-state index in [1.54, 1.807) is 12.1 Å². The number of nitro benzene ring substituents is 1. The molecule has 0 amide bonds. The highest BCUT2D eigenvalue weighted by molar-refractivity contribution is 5.36. The van der Waals surface area contributed by atoms with Crippen LogP contribution in [-0.2, 0) is 6.42 Å². The maximum absolute atomic E-state index is 10.7. The number of allylic oxidation sites excluding steroid dienone is 3. The van der Waals surface area contributed by atoms with Crippen LogP contribution in [0.25, 0.3) is 0 Å². The molecule has 20 heavy (non-hydrogen) atoms. The molecule has 0 bridgehead atoms. The highest BCUT2D eigenvalue weighted by Crippen LogP contribution is 2.44. The Morgan fingerprint density at radius 3 is 2.45 bits per heavy atom. The van der Waals surface area contributed by atoms with E-state index in [4.69, 9.17) is 0 Å². The number of hydrogen-bond donors (Lipinski definition) is 0. The summed E-state index contributed by atoms with van der Waals surface area (Å²) in [6.45, 7) is 10.9. The van der Waals surface area contributed by atoms with Crippen molar-refractivity contribution in [3.05, 3.63) is 63.7 Å². The zero-order valence-corrected chi connectivity index (χ0v) is 12.3. The molecular formula is C17H21NO2. The Morgan fingerprint density at radius 2 is 1.95 bits per heavy atom. The van der Waals surface area contributed by atoms with Crippen LogP contribution in [0.2, 0.25) is 0 Å². The van der Waals surface area contributed by atoms with Gasteiger partial charge in [-0.1, -0.05) is 49.8 Å². The van der Waals surface area contributed by atoms with Crippen molar-refractivity contribution in [2.45, 2.75) is 33.6 Å². The van der Waals surface area contributed by atoms with E-state index < -0.39 is 0 Å². The van der Waals surface area contributed by atoms with E-state index in [0.29, 0.717) is 5.92 Å². The van der Waals surface area contributed by atoms with E-state index in [2.05, 4.69) is 33.4 Å². The van der Waals surface area contributed by atoms with Crippen molar-refractivity contribution in [2.75, 3.05) is 0 Å². The fourth-order valence-corrected chi connectivity index (χ4v) is 3.21. The minimum Gasteiger partial charge on any atom is -0.258 e. The van der Waals surface area contributed by atoms with Gasteiger partial charge in [-0.25, -0.2) is 0 Å². The van der Waals surface area contributed by atoms with Gasteiger partial charge in [-0.05, 0) is 36.7 Å². The summed E-state index contributed by atoms with van der Waals surface area (Å²) in [5, 5.41) is 10.7. The average Bonchev–Trinajstić information content (AvgIpc) is 2.33. The van der Waals surface area contributed by atoms with Gasteiger partial charge >= 0.3 is 0 Å². The van der Waals surface area contributed by atoms with Gasteiger partial charge in [0.2, 0.25) is 0 Å². The molecule has 1 atom stereocenters. The van der Waals surface area contributed by atoms with Gasteiger partial charge in [0.25, 0.3) is 5.69 Å². The van der Waals surface area contributed by atoms with E-state index in [9.17, 15) is 10.1 Å². The summed E-state index contributed by atoms with van der Waals surface area (Å²) >= 11 is 0. The van der Waals surface area contributed by atoms with Crippen LogP contribution >= 0.6 is 0 Å². The van der Waals surface area contributed by atoms with Crippen LogP contribution in [0.5, 0.6) is 0 Å². The predicted octanol–water partition coefficient (Wildman–Crippen LogP) is 4.69. The number of nitro groups is 1. The van der Waals surface area contributed by atoms with Crippen LogP contribution in [0, 0.1) is 21.4 Å². The van der Waals surface area contributed by atoms with E-state index in [1.807, 2.05) is 12.1 Å². The highest BCUT2D eigenvalue weighted by Gasteiger charge is 2.34. The van der Waals surface area contributed by atoms with Gasteiger partial charge in [-0.3, -0.25) is 10.1 Å². The second-order valence-electron chi connectivity index (χ2n) is 6.41. The maximum atomic E-state index is 10.7. The van der Waals surface area contributed by atoms with Crippen molar-refractivity contribution in [3.63, 3.8) is 0 Å². The molecule has 0 unspecified atom stereocenters. The Morgan fingerprint density at radius 1 is 1.35 bits per heavy atom. The third-order valence-corrected chi connectivity index (χ3v) is 4.14. The molecule has 0 aromatic heterocycles. The van der Waals surface area contributed by atoms with Gasteiger partial charge in [-0.2, -0.15) is 0 Å². The zero-order chi connectivity index (χ0) is 14.9. The lowest BCUT2D eigenvalue weighted by Crippen LogP contribution is -2.30. The fraction of sp³-hybridized carbons (Fsp3) is 0.412. The summed E-state index contributed by atoms with van der Waals surface area (Å²) < 4.78 is 0. The topological polar surface area (TPSA) is 43.1 Å². The lowest BCUT2D eigenvalue weighted by atomic mass is 9.65. The molecule has 0 N–H and O–H groups in total. The molecule has 1 aromatic rings. The second-order valence-corrected chi connectivity index (χ2v) is 6.41. The van der Waals surface area contributed by atoms with Gasteiger partial charge in [0, 0.05) is 12.1 Å². The van der Waals surface area contributed by atoms with Crippen LogP contribution in [0.15, 0.2) is 48.1 Å². The molecule has 0 radical (unpaired) electrons. The van der Waals surface area contributed by atoms with Crippen molar-refractivity contribution in [1.29, 1.82) is 0 Å². The first kappa shape index (κ1) is 14.5. The Kier molecular flexibility index (Phi) is 3.80. The number of benzene rings is 1. The Bertz CT molecular complexity index is 567. The molecule has 0 saturated carbocycles. The summed E-state index contributed by atoms with van der Waals surface area (Å²) in [6.07, 6.45) is 4.14. The van der Waals surface area contributed by atoms with Crippen LogP contribution in [0.1, 0.15) is 32.8 Å². The largest absolute Gasteiger partial charge is 0.269 e. The van der Waals surface area contributed by atoms with Crippen LogP contribution in [-0.4, -0.2) is 4.92 Å². The van der Waals surface area contributed by atoms with Gasteiger partial charge in [0.05, 0.1) is 4.92 Å². The third kappa shape index (κ3) is 2.98. The predicted molar refractivity (Wildman–Crippen MR) is 81.6 cm³/mol. The molecule has 3 nitrogen and oxygen atoms in total. The Balaban J connectivity index is 2.20. The smallest absolute Gasteiger partial charge is 0.258 e. The minimum absolute atomic E-state index is 0.145. The van der Waals surface area contributed by atoms with E-state index in [0.717, 1.165) is 24.0 Å². The van der Waals surface area contributed by atoms with Crippen molar-refractivity contribution in [2.24, 2.45) is 11.3 Å². The summed E-state index contributed by atoms with van der Waals surface area (Å²) in [4.78, 5) is 10.3. The van der Waals surface area contributed by atoms with Crippen LogP contribution in [0.4, 0.5) is 5.69 Å². The van der Waals surface area contributed by atoms with Gasteiger partial charge in [-0.15, -0.1) is 0 Å². The first-order valence-electron chi connectivity index (χ1n) is 6.89. The fourth-order valence-electron chi connectivity index (χ4n) is 3.21. The van der Waals surface area contributed by atoms with Gasteiger partial charge in [0.1, 0.15) is 0 Å². The van der Waals surface area contributed by atoms with E-state index in [1.165, 1.54) is 5.57 Å². The highest BCUT2D eigenvalue weighted by atomic mass is 16.6. The van der Waals surface area contributed by atoms with Crippen molar-refractivity contribution in [3.8, 4) is 0 Å². The normalized spacial score (nSPS) is 21.4. The quantitative estimate of drug-likeness (QED) is 0.591. The minimum atomic E-state index is -0.362. The molecule has 0 heterocycles. The molecule has 0 fully saturated rings. The molecule has 1 aliphatic carbocycles. The lowest BCUT2D eigenvalue weighted by molar-refractivity contribution is -0.384. The number of rotatable bonds is 3. The number of non-ortho nitro benzene ring substituents is 1. The zero-order valence-electron chi connectivity index (χ0n) is 12.3. The number of hydrogen-bond acceptors (Lipinski definition) is 2. The molecule has 1 aliphatic rings. The third-order valence-electron chi connectivity index (χ3n) is 4.14. The first-order valence-corrected chi connectivity index (χ1v) is 6.89. The maximum Gasteiger partial charge on any atom is 0.269 e. The number of nitrogens with zero attached hydrogens (tertiary/aromatic N) is 1. The Labute approximate surface area is 120 Å². The van der Waals surface area contributed by atoms with Crippen molar-refractivity contribution in [1.82, 2.24) is 0 Å². The average molecular weight is 271 g/mol. The van der Waals surface area contributed by atoms with Crippen molar-refractivity contribution < 1.29 is 4.92 Å². The molecule has 3 heteroatoms. The Hall–Kier alpha value is -1.90. The van der Waals surface area contributed by atoms with E-state index >= 15 is 0 Å². The van der Waals surface area contributed by atoms with Crippen LogP contribution in [0.3, 0.4) is 0 Å². The second kappa shape index (κ2) is 5.23. The summed E-state index contributed by atoms with van der Waals surface area (Å²) in [5.41, 5.74) is 3.99. The molecular weight excluding hydrogens is 250 g/mol. The monoisotopic (exact) mass is 271 g/mol. The van der Waals surface area contributed by atoms with Crippen molar-refractivity contribution >= 4 is 5.69 Å². The molecule has 0 spiro atoms. The SMILES string of the molecule is C=C1C=C(C)CC(C)(C)[C@@H]1Cc1ccc([N+](=O)[O-])cc1. The van der Waals surface area contributed by atoms with E-state index in [-0.39, 0.29) is 16.0 Å². The molecule has 1 aromatic carbocycles. The molecule has 0 saturated heterocycles. The molecule has 2 rings (SSSR count). The van der Waals surface area contributed by atoms with Crippen LogP contribution < -0.4 is 0 Å². The standard InChI is InChI=1S/C17H21NO2/c1-12-9-13(2)16(17(3,4)11-12)10-14-5-7-15(8-6-14)18(19)20/h5-9,16H,2,10-11H2,1,3-4H3/t16-/m1/s1. The van der Waals surface area contributed by atoms with Gasteiger partial charge in [0.15, 0.2) is 0 Å².